The van der Waals surface area contributed by atoms with Crippen LogP contribution in [0.4, 0.5) is 30.2 Å². The Bertz CT molecular complexity index is 2020. The van der Waals surface area contributed by atoms with E-state index >= 15 is 0 Å². The van der Waals surface area contributed by atoms with Crippen LogP contribution in [0.25, 0.3) is 0 Å². The number of rotatable bonds is 15. The number of halogens is 7. The summed E-state index contributed by atoms with van der Waals surface area (Å²) in [6, 6.07) is 15.7. The van der Waals surface area contributed by atoms with Crippen LogP contribution in [0.5, 0.6) is 11.5 Å². The third-order valence-electron chi connectivity index (χ3n) is 7.36. The van der Waals surface area contributed by atoms with Gasteiger partial charge in [-0.3, -0.25) is 14.4 Å². The van der Waals surface area contributed by atoms with Gasteiger partial charge in [0.05, 0.1) is 31.0 Å². The van der Waals surface area contributed by atoms with Crippen molar-refractivity contribution in [2.75, 3.05) is 16.0 Å². The summed E-state index contributed by atoms with van der Waals surface area (Å²) in [4.78, 5) is 37.6. The van der Waals surface area contributed by atoms with Crippen molar-refractivity contribution in [3.63, 3.8) is 0 Å². The van der Waals surface area contributed by atoms with Crippen molar-refractivity contribution in [3.05, 3.63) is 107 Å². The maximum atomic E-state index is 13.5. The van der Waals surface area contributed by atoms with Crippen LogP contribution in [-0.2, 0) is 44.9 Å². The van der Waals surface area contributed by atoms with E-state index in [2.05, 4.69) is 67.7 Å². The van der Waals surface area contributed by atoms with Crippen LogP contribution in [0.3, 0.4) is 0 Å². The number of esters is 2. The van der Waals surface area contributed by atoms with E-state index in [9.17, 15) is 27.6 Å². The lowest BCUT2D eigenvalue weighted by Crippen LogP contribution is -2.21. The zero-order valence-electron chi connectivity index (χ0n) is 30.4. The van der Waals surface area contributed by atoms with Crippen molar-refractivity contribution in [3.8, 4) is 11.5 Å². The summed E-state index contributed by atoms with van der Waals surface area (Å²) in [6.45, 7) is 9.72. The van der Waals surface area contributed by atoms with Gasteiger partial charge >= 0.3 is 18.1 Å². The molecular formula is C39H38Br2Cl2F3N3O6. The first kappa shape index (κ1) is 43.7. The Balaban J connectivity index is 1.30. The molecule has 0 heterocycles. The maximum absolute atomic E-state index is 13.5. The van der Waals surface area contributed by atoms with Gasteiger partial charge in [-0.05, 0) is 143 Å². The molecule has 4 aromatic carbocycles. The van der Waals surface area contributed by atoms with Crippen LogP contribution in [0.1, 0.15) is 61.9 Å². The van der Waals surface area contributed by atoms with Gasteiger partial charge in [0, 0.05) is 29.1 Å². The van der Waals surface area contributed by atoms with Crippen molar-refractivity contribution in [2.45, 2.75) is 78.9 Å². The Labute approximate surface area is 343 Å². The summed E-state index contributed by atoms with van der Waals surface area (Å²) in [5, 5.41) is 8.68. The molecule has 0 aliphatic rings. The molecule has 0 aromatic heterocycles. The first-order valence-electron chi connectivity index (χ1n) is 16.9. The highest BCUT2D eigenvalue weighted by molar-refractivity contribution is 9.11. The van der Waals surface area contributed by atoms with Crippen molar-refractivity contribution in [1.82, 2.24) is 0 Å². The fourth-order valence-electron chi connectivity index (χ4n) is 5.35. The maximum Gasteiger partial charge on any atom is 0.416 e. The molecule has 4 rings (SSSR count). The number of aryl methyl sites for hydroxylation is 1. The molecule has 55 heavy (non-hydrogen) atoms. The molecule has 0 spiro atoms. The SMILES string of the molecule is Cc1cc(COc2c(Br)cc(CC(=O)OC(=O)CC(=O)Nc3cc(Cl)c(OCc4cc(NC(C)C)cc(C(F)(F)F)c4)c(Cl)c3)cc2Br)cc(NC(C)C)c1. The predicted octanol–water partition coefficient (Wildman–Crippen LogP) is 11.3. The topological polar surface area (TPSA) is 115 Å². The molecular weight excluding hydrogens is 894 g/mol. The third-order valence-corrected chi connectivity index (χ3v) is 9.10. The van der Waals surface area contributed by atoms with Gasteiger partial charge in [0.15, 0.2) is 5.75 Å². The van der Waals surface area contributed by atoms with E-state index in [0.717, 1.165) is 28.9 Å². The molecule has 0 aliphatic carbocycles. The van der Waals surface area contributed by atoms with Gasteiger partial charge in [-0.1, -0.05) is 29.3 Å². The van der Waals surface area contributed by atoms with Crippen LogP contribution < -0.4 is 25.4 Å². The number of alkyl halides is 3. The van der Waals surface area contributed by atoms with Crippen LogP contribution in [0.15, 0.2) is 69.6 Å². The average Bonchev–Trinajstić information content (AvgIpc) is 3.02. The molecule has 0 bridgehead atoms. The Morgan fingerprint density at radius 2 is 1.22 bits per heavy atom. The standard InChI is InChI=1S/C39H38Br2Cl2F3N3O6/c1-20(2)47-27-7-22(5)6-24(9-27)18-53-37-30(40)11-23(12-31(37)41)13-35(51)55-36(52)17-34(50)49-29-15-32(42)38(33(43)16-29)54-19-25-8-26(39(44,45)46)14-28(10-25)48-21(3)4/h6-12,14-16,20-21,47-48H,13,17-19H2,1-5H3,(H,49,50). The van der Waals surface area contributed by atoms with Crippen LogP contribution in [-0.4, -0.2) is 29.9 Å². The molecule has 294 valence electrons. The quantitative estimate of drug-likeness (QED) is 0.0798. The zero-order valence-corrected chi connectivity index (χ0v) is 35.0. The van der Waals surface area contributed by atoms with E-state index in [1.807, 2.05) is 19.1 Å². The summed E-state index contributed by atoms with van der Waals surface area (Å²) in [6.07, 6.45) is -5.64. The van der Waals surface area contributed by atoms with Gasteiger partial charge in [0.2, 0.25) is 5.91 Å². The minimum atomic E-state index is -4.57. The molecule has 0 atom stereocenters. The van der Waals surface area contributed by atoms with E-state index in [1.54, 1.807) is 26.0 Å². The number of carbonyl (C=O) groups is 3. The van der Waals surface area contributed by atoms with E-state index in [4.69, 9.17) is 37.4 Å². The summed E-state index contributed by atoms with van der Waals surface area (Å²) in [5.41, 5.74) is 3.29. The zero-order chi connectivity index (χ0) is 40.6. The second kappa shape index (κ2) is 19.2. The molecule has 9 nitrogen and oxygen atoms in total. The van der Waals surface area contributed by atoms with Crippen molar-refractivity contribution in [1.29, 1.82) is 0 Å². The van der Waals surface area contributed by atoms with Gasteiger partial charge in [-0.2, -0.15) is 13.2 Å². The minimum absolute atomic E-state index is 0.0282. The molecule has 1 amide bonds. The molecule has 3 N–H and O–H groups in total. The van der Waals surface area contributed by atoms with E-state index in [-0.39, 0.29) is 57.8 Å². The van der Waals surface area contributed by atoms with Crippen molar-refractivity contribution in [2.24, 2.45) is 0 Å². The highest BCUT2D eigenvalue weighted by Gasteiger charge is 2.31. The molecule has 16 heteroatoms. The monoisotopic (exact) mass is 929 g/mol. The Kier molecular flexibility index (Phi) is 15.3. The lowest BCUT2D eigenvalue weighted by atomic mass is 10.1. The number of anilines is 3. The number of hydrogen-bond acceptors (Lipinski definition) is 8. The first-order chi connectivity index (χ1) is 25.7. The largest absolute Gasteiger partial charge is 0.487 e. The average molecular weight is 932 g/mol. The van der Waals surface area contributed by atoms with E-state index in [0.29, 0.717) is 26.9 Å². The number of benzene rings is 4. The summed E-state index contributed by atoms with van der Waals surface area (Å²) in [7, 11) is 0. The lowest BCUT2D eigenvalue weighted by molar-refractivity contribution is -0.159. The molecule has 0 radical (unpaired) electrons. The van der Waals surface area contributed by atoms with Crippen LogP contribution in [0, 0.1) is 6.92 Å². The van der Waals surface area contributed by atoms with Gasteiger partial charge < -0.3 is 30.2 Å². The summed E-state index contributed by atoms with van der Waals surface area (Å²) < 4.78 is 58.2. The highest BCUT2D eigenvalue weighted by atomic mass is 79.9. The van der Waals surface area contributed by atoms with Crippen molar-refractivity contribution >= 4 is 90.0 Å². The second-order valence-corrected chi connectivity index (χ2v) is 15.7. The Morgan fingerprint density at radius 3 is 1.76 bits per heavy atom. The molecule has 0 fully saturated rings. The number of nitrogens with one attached hydrogen (secondary N) is 3. The van der Waals surface area contributed by atoms with Crippen molar-refractivity contribution < 1.29 is 41.8 Å². The van der Waals surface area contributed by atoms with Gasteiger partial charge in [-0.15, -0.1) is 0 Å². The number of amides is 1. The smallest absolute Gasteiger partial charge is 0.416 e. The Hall–Kier alpha value is -3.98. The van der Waals surface area contributed by atoms with Gasteiger partial charge in [-0.25, -0.2) is 0 Å². The number of carbonyl (C=O) groups excluding carboxylic acids is 3. The van der Waals surface area contributed by atoms with Gasteiger partial charge in [0.1, 0.15) is 25.4 Å². The predicted molar refractivity (Wildman–Crippen MR) is 215 cm³/mol. The van der Waals surface area contributed by atoms with E-state index in [1.165, 1.54) is 18.2 Å². The van der Waals surface area contributed by atoms with Gasteiger partial charge in [0.25, 0.3) is 0 Å². The molecule has 4 aromatic rings. The van der Waals surface area contributed by atoms with E-state index < -0.39 is 36.0 Å². The normalized spacial score (nSPS) is 11.4. The molecule has 0 saturated carbocycles. The fourth-order valence-corrected chi connectivity index (χ4v) is 7.46. The highest BCUT2D eigenvalue weighted by Crippen LogP contribution is 2.38. The number of hydrogen-bond donors (Lipinski definition) is 3. The minimum Gasteiger partial charge on any atom is -0.487 e. The fraction of sp³-hybridized carbons (Fsp3) is 0.308. The number of ether oxygens (including phenoxy) is 3. The molecule has 0 unspecified atom stereocenters. The lowest BCUT2D eigenvalue weighted by Gasteiger charge is -2.17. The summed E-state index contributed by atoms with van der Waals surface area (Å²) >= 11 is 19.6. The third kappa shape index (κ3) is 13.6. The van der Waals surface area contributed by atoms with Crippen LogP contribution in [0.2, 0.25) is 10.0 Å². The summed E-state index contributed by atoms with van der Waals surface area (Å²) in [5.74, 6) is -2.29. The molecule has 0 aliphatic heterocycles. The first-order valence-corrected chi connectivity index (χ1v) is 19.2. The van der Waals surface area contributed by atoms with Crippen LogP contribution >= 0.6 is 55.1 Å². The second-order valence-electron chi connectivity index (χ2n) is 13.2. The Morgan fingerprint density at radius 1 is 0.691 bits per heavy atom. The molecule has 0 saturated heterocycles.